The molecule has 0 saturated heterocycles. The summed E-state index contributed by atoms with van der Waals surface area (Å²) in [6.07, 6.45) is 19.4. The Bertz CT molecular complexity index is 1070. The molecule has 0 spiro atoms. The molecule has 0 aromatic carbocycles. The molecule has 5 heteroatoms. The van der Waals surface area contributed by atoms with Crippen LogP contribution in [-0.4, -0.2) is 28.8 Å². The van der Waals surface area contributed by atoms with Gasteiger partial charge in [-0.1, -0.05) is 72.5 Å². The second-order valence-corrected chi connectivity index (χ2v) is 18.6. The summed E-state index contributed by atoms with van der Waals surface area (Å²) in [6, 6.07) is 0. The van der Waals surface area contributed by atoms with Crippen LogP contribution in [0.25, 0.3) is 0 Å². The second kappa shape index (κ2) is 14.8. The molecule has 4 aliphatic rings. The Morgan fingerprint density at radius 2 is 1.78 bits per heavy atom. The van der Waals surface area contributed by atoms with E-state index in [4.69, 9.17) is 17.4 Å². The van der Waals surface area contributed by atoms with Crippen LogP contribution >= 0.6 is 12.6 Å². The van der Waals surface area contributed by atoms with Crippen LogP contribution in [0.3, 0.4) is 0 Å². The van der Waals surface area contributed by atoms with Crippen LogP contribution in [-0.2, 0) is 14.3 Å². The van der Waals surface area contributed by atoms with Gasteiger partial charge in [-0.25, -0.2) is 0 Å². The number of carbonyl (C=O) groups is 2. The largest absolute Gasteiger partial charge is 0.375 e. The van der Waals surface area contributed by atoms with E-state index in [1.54, 1.807) is 12.5 Å². The van der Waals surface area contributed by atoms with Crippen molar-refractivity contribution in [1.82, 2.24) is 5.32 Å². The molecule has 1 N–H and O–H groups in total. The Kier molecular flexibility index (Phi) is 12.1. The number of fused-ring (bicyclic) bond motifs is 5. The predicted octanol–water partition coefficient (Wildman–Crippen LogP) is 10.4. The minimum absolute atomic E-state index is 0.0288. The van der Waals surface area contributed by atoms with E-state index in [0.717, 1.165) is 67.6 Å². The first-order valence-corrected chi connectivity index (χ1v) is 19.4. The topological polar surface area (TPSA) is 55.4 Å². The fraction of sp³-hybridized carbons (Fsp3) is 0.900. The lowest BCUT2D eigenvalue weighted by atomic mass is 9.46. The third kappa shape index (κ3) is 8.44. The number of thiol groups is 1. The minimum atomic E-state index is -0.627. The third-order valence-electron chi connectivity index (χ3n) is 13.9. The SMILES string of the molecule is CCC(C)(CCC(C)=O)OCCC(C)(S)NC(=O)C1CC[C@@]2(C)C(=CC[C@H]3[C@@H]4CC[C@H]([C@H](C)CCCC(C)C)[C@@]4(C)CC[C@@H]32)C1. The van der Waals surface area contributed by atoms with Crippen molar-refractivity contribution in [2.24, 2.45) is 52.3 Å². The van der Waals surface area contributed by atoms with E-state index in [9.17, 15) is 9.59 Å². The standard InChI is InChI=1S/C40H69NO3S/c1-10-37(6,21-18-29(5)42)44-25-24-40(9,45)41-36(43)30-19-22-38(7)31(26-30)14-15-32-34-17-16-33(28(4)13-11-12-27(2)3)39(34,8)23-20-35(32)38/h14,27-28,30,32-35,45H,10-13,15-26H2,1-9H3,(H,41,43)/t28-,30?,32+,33-,34+,35+,37?,38+,39-,40?/m1/s1. The number of amides is 1. The summed E-state index contributed by atoms with van der Waals surface area (Å²) in [6.45, 7) is 20.9. The Balaban J connectivity index is 1.33. The molecular formula is C40H69NO3S. The number of carbonyl (C=O) groups excluding carboxylic acids is 2. The lowest BCUT2D eigenvalue weighted by molar-refractivity contribution is -0.128. The summed E-state index contributed by atoms with van der Waals surface area (Å²) < 4.78 is 6.25. The first kappa shape index (κ1) is 37.0. The summed E-state index contributed by atoms with van der Waals surface area (Å²) in [5, 5.41) is 3.28. The first-order valence-electron chi connectivity index (χ1n) is 18.9. The van der Waals surface area contributed by atoms with Gasteiger partial charge in [-0.3, -0.25) is 4.79 Å². The average Bonchev–Trinajstić information content (AvgIpc) is 3.32. The maximum absolute atomic E-state index is 13.6. The Morgan fingerprint density at radius 1 is 1.04 bits per heavy atom. The minimum Gasteiger partial charge on any atom is -0.375 e. The van der Waals surface area contributed by atoms with Crippen molar-refractivity contribution in [2.45, 2.75) is 169 Å². The summed E-state index contributed by atoms with van der Waals surface area (Å²) in [4.78, 5) is 24.5. The molecule has 10 atom stereocenters. The van der Waals surface area contributed by atoms with Crippen LogP contribution in [0.4, 0.5) is 0 Å². The highest BCUT2D eigenvalue weighted by atomic mass is 32.1. The van der Waals surface area contributed by atoms with Gasteiger partial charge in [0.05, 0.1) is 17.1 Å². The molecular weight excluding hydrogens is 575 g/mol. The number of ether oxygens (including phenoxy) is 1. The van der Waals surface area contributed by atoms with Crippen LogP contribution in [0.15, 0.2) is 11.6 Å². The lowest BCUT2D eigenvalue weighted by Crippen LogP contribution is -2.52. The number of nitrogens with one attached hydrogen (secondary N) is 1. The van der Waals surface area contributed by atoms with Crippen molar-refractivity contribution >= 4 is 24.3 Å². The molecule has 4 aliphatic carbocycles. The van der Waals surface area contributed by atoms with E-state index in [1.165, 1.54) is 51.4 Å². The van der Waals surface area contributed by atoms with Crippen molar-refractivity contribution in [3.05, 3.63) is 11.6 Å². The van der Waals surface area contributed by atoms with Crippen molar-refractivity contribution in [3.63, 3.8) is 0 Å². The van der Waals surface area contributed by atoms with Gasteiger partial charge in [-0.15, -0.1) is 0 Å². The lowest BCUT2D eigenvalue weighted by Gasteiger charge is -2.58. The Labute approximate surface area is 282 Å². The van der Waals surface area contributed by atoms with Gasteiger partial charge < -0.3 is 14.8 Å². The molecule has 4 rings (SSSR count). The van der Waals surface area contributed by atoms with E-state index in [0.29, 0.717) is 24.9 Å². The number of rotatable bonds is 15. The summed E-state index contributed by atoms with van der Waals surface area (Å²) in [5.74, 6) is 5.40. The van der Waals surface area contributed by atoms with E-state index < -0.39 is 4.87 Å². The van der Waals surface area contributed by atoms with Crippen molar-refractivity contribution < 1.29 is 14.3 Å². The van der Waals surface area contributed by atoms with E-state index in [2.05, 4.69) is 59.9 Å². The molecule has 3 fully saturated rings. The van der Waals surface area contributed by atoms with Crippen molar-refractivity contribution in [1.29, 1.82) is 0 Å². The molecule has 1 amide bonds. The zero-order valence-corrected chi connectivity index (χ0v) is 31.5. The molecule has 0 heterocycles. The van der Waals surface area contributed by atoms with Gasteiger partial charge in [-0.05, 0) is 131 Å². The molecule has 0 aromatic rings. The maximum atomic E-state index is 13.6. The zero-order chi connectivity index (χ0) is 33.2. The second-order valence-electron chi connectivity index (χ2n) is 17.6. The molecule has 258 valence electrons. The van der Waals surface area contributed by atoms with Crippen LogP contribution < -0.4 is 5.32 Å². The fourth-order valence-corrected chi connectivity index (χ4v) is 10.8. The highest BCUT2D eigenvalue weighted by Crippen LogP contribution is 2.67. The van der Waals surface area contributed by atoms with Crippen molar-refractivity contribution in [2.75, 3.05) is 6.61 Å². The smallest absolute Gasteiger partial charge is 0.224 e. The maximum Gasteiger partial charge on any atom is 0.224 e. The normalized spacial score (nSPS) is 36.2. The Morgan fingerprint density at radius 3 is 2.44 bits per heavy atom. The number of allylic oxidation sites excluding steroid dienone is 2. The molecule has 0 radical (unpaired) electrons. The highest BCUT2D eigenvalue weighted by Gasteiger charge is 2.59. The summed E-state index contributed by atoms with van der Waals surface area (Å²) >= 11 is 4.87. The van der Waals surface area contributed by atoms with Crippen LogP contribution in [0.5, 0.6) is 0 Å². The molecule has 0 aromatic heterocycles. The monoisotopic (exact) mass is 643 g/mol. The molecule has 4 nitrogen and oxygen atoms in total. The van der Waals surface area contributed by atoms with Crippen LogP contribution in [0.2, 0.25) is 0 Å². The molecule has 3 unspecified atom stereocenters. The van der Waals surface area contributed by atoms with Gasteiger partial charge in [0.25, 0.3) is 0 Å². The van der Waals surface area contributed by atoms with Gasteiger partial charge in [0.2, 0.25) is 5.91 Å². The summed E-state index contributed by atoms with van der Waals surface area (Å²) in [5.41, 5.74) is 2.02. The van der Waals surface area contributed by atoms with E-state index >= 15 is 0 Å². The van der Waals surface area contributed by atoms with Gasteiger partial charge in [-0.2, -0.15) is 12.6 Å². The summed E-state index contributed by atoms with van der Waals surface area (Å²) in [7, 11) is 0. The molecule has 3 saturated carbocycles. The zero-order valence-electron chi connectivity index (χ0n) is 30.6. The average molecular weight is 644 g/mol. The van der Waals surface area contributed by atoms with Crippen LogP contribution in [0, 0.1) is 52.3 Å². The number of ketones is 1. The number of hydrogen-bond acceptors (Lipinski definition) is 4. The number of Topliss-reactive ketones (excluding diaryl/α,β-unsaturated/α-hetero) is 1. The van der Waals surface area contributed by atoms with Gasteiger partial charge >= 0.3 is 0 Å². The number of hydrogen-bond donors (Lipinski definition) is 2. The fourth-order valence-electron chi connectivity index (χ4n) is 10.6. The first-order chi connectivity index (χ1) is 21.0. The van der Waals surface area contributed by atoms with E-state index in [1.807, 2.05) is 6.92 Å². The highest BCUT2D eigenvalue weighted by molar-refractivity contribution is 7.81. The van der Waals surface area contributed by atoms with Gasteiger partial charge in [0, 0.05) is 18.8 Å². The van der Waals surface area contributed by atoms with Gasteiger partial charge in [0.15, 0.2) is 0 Å². The van der Waals surface area contributed by atoms with E-state index in [-0.39, 0.29) is 28.6 Å². The predicted molar refractivity (Wildman–Crippen MR) is 191 cm³/mol. The van der Waals surface area contributed by atoms with Gasteiger partial charge in [0.1, 0.15) is 5.78 Å². The molecule has 45 heavy (non-hydrogen) atoms. The quantitative estimate of drug-likeness (QED) is 0.106. The Hall–Kier alpha value is -0.810. The van der Waals surface area contributed by atoms with Crippen LogP contribution in [0.1, 0.15) is 159 Å². The van der Waals surface area contributed by atoms with Crippen molar-refractivity contribution in [3.8, 4) is 0 Å². The molecule has 0 aliphatic heterocycles. The third-order valence-corrected chi connectivity index (χ3v) is 14.2. The molecule has 0 bridgehead atoms.